The van der Waals surface area contributed by atoms with Crippen molar-refractivity contribution < 1.29 is 24.5 Å². The van der Waals surface area contributed by atoms with Crippen molar-refractivity contribution in [1.82, 2.24) is 10.6 Å². The smallest absolute Gasteiger partial charge is 0.326 e. The van der Waals surface area contributed by atoms with Gasteiger partial charge in [-0.25, -0.2) is 9.79 Å². The topological polar surface area (TPSA) is 120 Å². The summed E-state index contributed by atoms with van der Waals surface area (Å²) >= 11 is 0. The van der Waals surface area contributed by atoms with E-state index in [2.05, 4.69) is 15.6 Å². The zero-order valence-corrected chi connectivity index (χ0v) is 19.8. The van der Waals surface area contributed by atoms with Gasteiger partial charge in [-0.15, -0.1) is 0 Å². The predicted octanol–water partition coefficient (Wildman–Crippen LogP) is 3.17. The number of nitrogens with one attached hydrogen (secondary N) is 2. The lowest BCUT2D eigenvalue weighted by Gasteiger charge is -2.22. The largest absolute Gasteiger partial charge is 0.494 e. The molecular weight excluding hydrogens is 446 g/mol. The lowest BCUT2D eigenvalue weighted by Crippen LogP contribution is -2.46. The highest BCUT2D eigenvalue weighted by atomic mass is 16.5. The van der Waals surface area contributed by atoms with Gasteiger partial charge >= 0.3 is 5.97 Å². The molecule has 4 rings (SSSR count). The summed E-state index contributed by atoms with van der Waals surface area (Å²) in [6.07, 6.45) is 4.89. The van der Waals surface area contributed by atoms with E-state index in [1.165, 1.54) is 19.3 Å². The summed E-state index contributed by atoms with van der Waals surface area (Å²) in [6, 6.07) is 13.0. The molecule has 35 heavy (non-hydrogen) atoms. The van der Waals surface area contributed by atoms with Crippen LogP contribution in [0.4, 0.5) is 5.69 Å². The van der Waals surface area contributed by atoms with Crippen molar-refractivity contribution in [2.75, 3.05) is 19.7 Å². The second-order valence-electron chi connectivity index (χ2n) is 9.21. The number of hydrogen-bond acceptors (Lipinski definition) is 6. The van der Waals surface area contributed by atoms with Crippen molar-refractivity contribution in [3.8, 4) is 5.75 Å². The van der Waals surface area contributed by atoms with E-state index in [-0.39, 0.29) is 12.1 Å². The molecule has 8 nitrogen and oxygen atoms in total. The number of nitrogens with zero attached hydrogens (tertiary/aromatic N) is 1. The van der Waals surface area contributed by atoms with Crippen LogP contribution in [0, 0.1) is 5.92 Å². The Morgan fingerprint density at radius 2 is 1.83 bits per heavy atom. The average Bonchev–Trinajstić information content (AvgIpc) is 3.21. The van der Waals surface area contributed by atoms with Gasteiger partial charge in [-0.2, -0.15) is 0 Å². The molecule has 0 saturated carbocycles. The molecule has 0 spiro atoms. The quantitative estimate of drug-likeness (QED) is 0.368. The van der Waals surface area contributed by atoms with Crippen molar-refractivity contribution in [3.63, 3.8) is 0 Å². The summed E-state index contributed by atoms with van der Waals surface area (Å²) in [5, 5.41) is 25.9. The maximum atomic E-state index is 12.7. The number of amides is 1. The first-order chi connectivity index (χ1) is 17.0. The summed E-state index contributed by atoms with van der Waals surface area (Å²) in [5.74, 6) is -0.270. The van der Waals surface area contributed by atoms with E-state index in [9.17, 15) is 19.8 Å². The highest BCUT2D eigenvalue weighted by Gasteiger charge is 2.32. The summed E-state index contributed by atoms with van der Waals surface area (Å²) in [6.45, 7) is 2.92. The third-order valence-corrected chi connectivity index (χ3v) is 6.66. The molecule has 2 aliphatic rings. The number of fused-ring (bicyclic) bond motifs is 1. The Bertz CT molecular complexity index is 1050. The number of piperidine rings is 1. The first-order valence-corrected chi connectivity index (χ1v) is 12.3. The zero-order valence-electron chi connectivity index (χ0n) is 19.8. The van der Waals surface area contributed by atoms with Crippen molar-refractivity contribution in [2.24, 2.45) is 10.9 Å². The fourth-order valence-electron chi connectivity index (χ4n) is 4.62. The minimum absolute atomic E-state index is 0.0960. The number of carboxylic acid groups (broad SMARTS) is 1. The molecule has 2 heterocycles. The number of carboxylic acids is 1. The maximum Gasteiger partial charge on any atom is 0.326 e. The molecule has 4 N–H and O–H groups in total. The van der Waals surface area contributed by atoms with Gasteiger partial charge < -0.3 is 25.6 Å². The fraction of sp³-hybridized carbons (Fsp3) is 0.444. The third kappa shape index (κ3) is 6.68. The molecule has 2 aromatic rings. The Hall–Kier alpha value is -3.23. The second kappa shape index (κ2) is 12.0. The van der Waals surface area contributed by atoms with E-state index < -0.39 is 24.0 Å². The number of aliphatic hydroxyl groups excluding tert-OH is 1. The number of carbonyl (C=O) groups is 2. The van der Waals surface area contributed by atoms with E-state index in [1.54, 1.807) is 24.3 Å². The number of para-hydroxylation sites is 1. The number of hydrogen-bond donors (Lipinski definition) is 4. The first-order valence-electron chi connectivity index (χ1n) is 12.3. The van der Waals surface area contributed by atoms with Gasteiger partial charge in [0, 0.05) is 12.0 Å². The molecule has 1 fully saturated rings. The van der Waals surface area contributed by atoms with Crippen molar-refractivity contribution in [1.29, 1.82) is 0 Å². The summed E-state index contributed by atoms with van der Waals surface area (Å²) < 4.78 is 5.84. The maximum absolute atomic E-state index is 12.7. The van der Waals surface area contributed by atoms with Crippen molar-refractivity contribution >= 4 is 23.3 Å². The molecule has 186 valence electrons. The van der Waals surface area contributed by atoms with Gasteiger partial charge in [0.25, 0.3) is 5.91 Å². The van der Waals surface area contributed by atoms with Crippen LogP contribution in [-0.4, -0.2) is 53.5 Å². The van der Waals surface area contributed by atoms with Crippen LogP contribution in [-0.2, 0) is 16.0 Å². The number of aliphatic carboxylic acids is 1. The Morgan fingerprint density at radius 3 is 2.54 bits per heavy atom. The van der Waals surface area contributed by atoms with Crippen LogP contribution < -0.4 is 15.4 Å². The first kappa shape index (κ1) is 24.9. The lowest BCUT2D eigenvalue weighted by molar-refractivity contribution is -0.141. The highest BCUT2D eigenvalue weighted by molar-refractivity contribution is 6.42. The highest BCUT2D eigenvalue weighted by Crippen LogP contribution is 2.33. The molecule has 2 aliphatic heterocycles. The number of aliphatic hydroxyl groups is 1. The van der Waals surface area contributed by atoms with Crippen LogP contribution in [0.25, 0.3) is 0 Å². The molecule has 0 aliphatic carbocycles. The summed E-state index contributed by atoms with van der Waals surface area (Å²) in [4.78, 5) is 28.6. The number of rotatable bonds is 11. The molecular formula is C27H33N3O5. The van der Waals surface area contributed by atoms with Crippen LogP contribution in [0.5, 0.6) is 5.75 Å². The third-order valence-electron chi connectivity index (χ3n) is 6.66. The number of unbranched alkanes of at least 4 members (excludes halogenated alkanes) is 1. The Kier molecular flexibility index (Phi) is 8.50. The lowest BCUT2D eigenvalue weighted by atomic mass is 9.93. The standard InChI is InChI=1S/C27H33N3O5/c31-25-21-6-1-2-7-22(21)29-24(25)26(32)30-23(27(33)34)17-19-8-10-20(11-9-19)35-16-4-3-5-18-12-14-28-15-13-18/h1-2,6-11,18,23,25,28,31H,3-5,12-17H2,(H,30,32)(H,33,34). The molecule has 8 heteroatoms. The zero-order chi connectivity index (χ0) is 24.6. The van der Waals surface area contributed by atoms with Crippen LogP contribution in [0.3, 0.4) is 0 Å². The molecule has 0 radical (unpaired) electrons. The summed E-state index contributed by atoms with van der Waals surface area (Å²) in [5.41, 5.74) is 1.71. The molecule has 0 aromatic heterocycles. The molecule has 1 saturated heterocycles. The minimum atomic E-state index is -1.17. The van der Waals surface area contributed by atoms with E-state index in [0.29, 0.717) is 17.9 Å². The Labute approximate surface area is 205 Å². The summed E-state index contributed by atoms with van der Waals surface area (Å²) in [7, 11) is 0. The van der Waals surface area contributed by atoms with E-state index in [1.807, 2.05) is 24.3 Å². The Balaban J connectivity index is 1.24. The molecule has 2 aromatic carbocycles. The van der Waals surface area contributed by atoms with Gasteiger partial charge in [-0.3, -0.25) is 4.79 Å². The van der Waals surface area contributed by atoms with Crippen LogP contribution in [0.15, 0.2) is 53.5 Å². The van der Waals surface area contributed by atoms with Gasteiger partial charge in [-0.05, 0) is 68.5 Å². The molecule has 2 atom stereocenters. The van der Waals surface area contributed by atoms with Crippen LogP contribution in [0.2, 0.25) is 0 Å². The minimum Gasteiger partial charge on any atom is -0.494 e. The SMILES string of the molecule is O=C(NC(Cc1ccc(OCCCCC2CCNCC2)cc1)C(=O)O)C1=Nc2ccccc2C1O. The van der Waals surface area contributed by atoms with E-state index in [4.69, 9.17) is 4.74 Å². The van der Waals surface area contributed by atoms with Gasteiger partial charge in [0.05, 0.1) is 12.3 Å². The number of aliphatic imine (C=N–C) groups is 1. The normalized spacial score (nSPS) is 18.4. The van der Waals surface area contributed by atoms with Crippen LogP contribution >= 0.6 is 0 Å². The van der Waals surface area contributed by atoms with Crippen LogP contribution in [0.1, 0.15) is 49.3 Å². The van der Waals surface area contributed by atoms with Gasteiger partial charge in [0.1, 0.15) is 23.6 Å². The number of ether oxygens (including phenoxy) is 1. The van der Waals surface area contributed by atoms with Crippen molar-refractivity contribution in [3.05, 3.63) is 59.7 Å². The molecule has 1 amide bonds. The van der Waals surface area contributed by atoms with Gasteiger partial charge in [0.2, 0.25) is 0 Å². The monoisotopic (exact) mass is 479 g/mol. The predicted molar refractivity (Wildman–Crippen MR) is 133 cm³/mol. The Morgan fingerprint density at radius 1 is 1.09 bits per heavy atom. The van der Waals surface area contributed by atoms with Gasteiger partial charge in [0.15, 0.2) is 0 Å². The molecule has 0 bridgehead atoms. The van der Waals surface area contributed by atoms with Crippen molar-refractivity contribution in [2.45, 2.75) is 50.7 Å². The van der Waals surface area contributed by atoms with Gasteiger partial charge in [-0.1, -0.05) is 36.8 Å². The number of carbonyl (C=O) groups excluding carboxylic acids is 1. The van der Waals surface area contributed by atoms with E-state index >= 15 is 0 Å². The molecule has 2 unspecified atom stereocenters. The second-order valence-corrected chi connectivity index (χ2v) is 9.21. The fourth-order valence-corrected chi connectivity index (χ4v) is 4.62. The van der Waals surface area contributed by atoms with E-state index in [0.717, 1.165) is 43.2 Å². The average molecular weight is 480 g/mol. The number of benzene rings is 2.